The summed E-state index contributed by atoms with van der Waals surface area (Å²) < 4.78 is 0. The number of aliphatic carboxylic acids is 1. The molecule has 1 aliphatic heterocycles. The van der Waals surface area contributed by atoms with Crippen molar-refractivity contribution in [2.24, 2.45) is 11.5 Å². The van der Waals surface area contributed by atoms with Crippen LogP contribution in [-0.4, -0.2) is 45.9 Å². The molecular formula is C12H21N3O4. The summed E-state index contributed by atoms with van der Waals surface area (Å²) >= 11 is 0. The van der Waals surface area contributed by atoms with Crippen molar-refractivity contribution in [2.45, 2.75) is 50.6 Å². The van der Waals surface area contributed by atoms with Crippen molar-refractivity contribution in [3.05, 3.63) is 0 Å². The zero-order chi connectivity index (χ0) is 14.6. The first-order valence-electron chi connectivity index (χ1n) is 6.44. The van der Waals surface area contributed by atoms with Crippen molar-refractivity contribution in [1.82, 2.24) is 4.90 Å². The summed E-state index contributed by atoms with van der Waals surface area (Å²) in [6.07, 6.45) is 1.82. The molecule has 2 unspecified atom stereocenters. The van der Waals surface area contributed by atoms with Crippen molar-refractivity contribution < 1.29 is 19.5 Å². The van der Waals surface area contributed by atoms with Gasteiger partial charge in [-0.05, 0) is 19.3 Å². The highest BCUT2D eigenvalue weighted by atomic mass is 16.4. The van der Waals surface area contributed by atoms with E-state index in [4.69, 9.17) is 11.5 Å². The van der Waals surface area contributed by atoms with E-state index >= 15 is 0 Å². The molecule has 0 aliphatic carbocycles. The highest BCUT2D eigenvalue weighted by Crippen LogP contribution is 2.34. The molecule has 0 spiro atoms. The van der Waals surface area contributed by atoms with Gasteiger partial charge in [-0.2, -0.15) is 0 Å². The number of hydrogen-bond acceptors (Lipinski definition) is 4. The average molecular weight is 271 g/mol. The Labute approximate surface area is 111 Å². The lowest BCUT2D eigenvalue weighted by Gasteiger charge is -2.36. The average Bonchev–Trinajstić information content (AvgIpc) is 2.72. The predicted molar refractivity (Wildman–Crippen MR) is 68.0 cm³/mol. The van der Waals surface area contributed by atoms with Crippen molar-refractivity contribution >= 4 is 17.8 Å². The lowest BCUT2D eigenvalue weighted by Crippen LogP contribution is -2.57. The number of rotatable bonds is 6. The zero-order valence-electron chi connectivity index (χ0n) is 11.1. The minimum absolute atomic E-state index is 0.267. The Hall–Kier alpha value is -1.63. The van der Waals surface area contributed by atoms with E-state index in [1.807, 2.05) is 6.92 Å². The predicted octanol–water partition coefficient (Wildman–Crippen LogP) is -0.565. The number of carboxylic acids is 1. The smallest absolute Gasteiger partial charge is 0.329 e. The van der Waals surface area contributed by atoms with E-state index in [1.165, 1.54) is 4.90 Å². The summed E-state index contributed by atoms with van der Waals surface area (Å²) in [6.45, 7) is 2.23. The number of carbonyl (C=O) groups excluding carboxylic acids is 2. The van der Waals surface area contributed by atoms with Crippen molar-refractivity contribution in [3.8, 4) is 0 Å². The molecule has 19 heavy (non-hydrogen) atoms. The molecule has 0 radical (unpaired) electrons. The van der Waals surface area contributed by atoms with Crippen LogP contribution in [0.4, 0.5) is 0 Å². The van der Waals surface area contributed by atoms with Crippen LogP contribution in [0.3, 0.4) is 0 Å². The van der Waals surface area contributed by atoms with Crippen LogP contribution in [0.25, 0.3) is 0 Å². The lowest BCUT2D eigenvalue weighted by molar-refractivity contribution is -0.157. The molecule has 2 atom stereocenters. The number of likely N-dealkylation sites (tertiary alicyclic amines) is 1. The molecule has 108 valence electrons. The Bertz CT molecular complexity index is 385. The molecule has 1 rings (SSSR count). The molecule has 7 heteroatoms. The van der Waals surface area contributed by atoms with E-state index in [0.29, 0.717) is 32.2 Å². The molecule has 0 bridgehead atoms. The first-order valence-corrected chi connectivity index (χ1v) is 6.44. The second-order valence-corrected chi connectivity index (χ2v) is 4.96. The Morgan fingerprint density at radius 3 is 2.53 bits per heavy atom. The third-order valence-corrected chi connectivity index (χ3v) is 3.55. The van der Waals surface area contributed by atoms with E-state index in [0.717, 1.165) is 0 Å². The number of nitrogens with two attached hydrogens (primary N) is 2. The van der Waals surface area contributed by atoms with Crippen LogP contribution in [0, 0.1) is 0 Å². The standard InChI is InChI=1S/C12H21N3O4/c1-2-4-12(11(18)19)5-3-6-15(12)10(17)8(13)7-9(14)16/h8H,2-7,13H2,1H3,(H2,14,16)(H,18,19). The third-order valence-electron chi connectivity index (χ3n) is 3.55. The topological polar surface area (TPSA) is 127 Å². The van der Waals surface area contributed by atoms with E-state index in [-0.39, 0.29) is 6.42 Å². The fourth-order valence-corrected chi connectivity index (χ4v) is 2.71. The Morgan fingerprint density at radius 1 is 1.42 bits per heavy atom. The van der Waals surface area contributed by atoms with Gasteiger partial charge in [-0.1, -0.05) is 13.3 Å². The second kappa shape index (κ2) is 6.01. The van der Waals surface area contributed by atoms with Gasteiger partial charge in [0.05, 0.1) is 12.5 Å². The maximum Gasteiger partial charge on any atom is 0.329 e. The summed E-state index contributed by atoms with van der Waals surface area (Å²) in [5.74, 6) is -2.19. The lowest BCUT2D eigenvalue weighted by atomic mass is 9.90. The van der Waals surface area contributed by atoms with Gasteiger partial charge in [0, 0.05) is 6.54 Å². The highest BCUT2D eigenvalue weighted by Gasteiger charge is 2.49. The first-order chi connectivity index (χ1) is 8.85. The number of hydrogen-bond donors (Lipinski definition) is 3. The van der Waals surface area contributed by atoms with E-state index in [2.05, 4.69) is 0 Å². The maximum atomic E-state index is 12.2. The van der Waals surface area contributed by atoms with Gasteiger partial charge in [0.1, 0.15) is 5.54 Å². The maximum absolute atomic E-state index is 12.2. The van der Waals surface area contributed by atoms with Gasteiger partial charge >= 0.3 is 5.97 Å². The first kappa shape index (κ1) is 15.4. The highest BCUT2D eigenvalue weighted by molar-refractivity contribution is 5.92. The van der Waals surface area contributed by atoms with Gasteiger partial charge < -0.3 is 21.5 Å². The van der Waals surface area contributed by atoms with Gasteiger partial charge in [-0.25, -0.2) is 4.79 Å². The molecule has 2 amide bonds. The van der Waals surface area contributed by atoms with Gasteiger partial charge in [0.15, 0.2) is 0 Å². The molecule has 0 saturated carbocycles. The van der Waals surface area contributed by atoms with Crippen molar-refractivity contribution in [1.29, 1.82) is 0 Å². The van der Waals surface area contributed by atoms with Crippen molar-refractivity contribution in [3.63, 3.8) is 0 Å². The fourth-order valence-electron chi connectivity index (χ4n) is 2.71. The summed E-state index contributed by atoms with van der Waals surface area (Å²) in [5.41, 5.74) is 9.46. The number of amides is 2. The molecule has 7 nitrogen and oxygen atoms in total. The Morgan fingerprint density at radius 2 is 2.05 bits per heavy atom. The zero-order valence-corrected chi connectivity index (χ0v) is 11.1. The fraction of sp³-hybridized carbons (Fsp3) is 0.750. The van der Waals surface area contributed by atoms with Crippen LogP contribution in [-0.2, 0) is 14.4 Å². The van der Waals surface area contributed by atoms with Gasteiger partial charge in [-0.3, -0.25) is 9.59 Å². The molecule has 0 aromatic rings. The quantitative estimate of drug-likeness (QED) is 0.596. The summed E-state index contributed by atoms with van der Waals surface area (Å²) in [4.78, 5) is 35.9. The van der Waals surface area contributed by atoms with Gasteiger partial charge in [-0.15, -0.1) is 0 Å². The van der Waals surface area contributed by atoms with Crippen LogP contribution in [0.15, 0.2) is 0 Å². The molecule has 1 saturated heterocycles. The van der Waals surface area contributed by atoms with Crippen LogP contribution in [0.1, 0.15) is 39.0 Å². The number of carboxylic acid groups (broad SMARTS) is 1. The van der Waals surface area contributed by atoms with Crippen LogP contribution >= 0.6 is 0 Å². The number of primary amides is 1. The molecule has 0 aromatic carbocycles. The summed E-state index contributed by atoms with van der Waals surface area (Å²) in [6, 6.07) is -1.06. The van der Waals surface area contributed by atoms with Crippen molar-refractivity contribution in [2.75, 3.05) is 6.54 Å². The van der Waals surface area contributed by atoms with E-state index in [9.17, 15) is 19.5 Å². The summed E-state index contributed by atoms with van der Waals surface area (Å²) in [7, 11) is 0. The normalized spacial score (nSPS) is 24.2. The third kappa shape index (κ3) is 3.04. The van der Waals surface area contributed by atoms with Crippen LogP contribution in [0.2, 0.25) is 0 Å². The van der Waals surface area contributed by atoms with Crippen LogP contribution in [0.5, 0.6) is 0 Å². The minimum atomic E-state index is -1.18. The molecule has 1 fully saturated rings. The molecule has 1 heterocycles. The largest absolute Gasteiger partial charge is 0.479 e. The molecule has 5 N–H and O–H groups in total. The monoisotopic (exact) mass is 271 g/mol. The molecular weight excluding hydrogens is 250 g/mol. The van der Waals surface area contributed by atoms with Gasteiger partial charge in [0.2, 0.25) is 11.8 Å². The van der Waals surface area contributed by atoms with Gasteiger partial charge in [0.25, 0.3) is 0 Å². The van der Waals surface area contributed by atoms with E-state index < -0.39 is 29.4 Å². The van der Waals surface area contributed by atoms with Crippen LogP contribution < -0.4 is 11.5 Å². The Kier molecular flexibility index (Phi) is 4.88. The summed E-state index contributed by atoms with van der Waals surface area (Å²) in [5, 5.41) is 9.45. The Balaban J connectivity index is 2.93. The molecule has 0 aromatic heterocycles. The number of carbonyl (C=O) groups is 3. The SMILES string of the molecule is CCCC1(C(=O)O)CCCN1C(=O)C(N)CC(N)=O. The van der Waals surface area contributed by atoms with E-state index in [1.54, 1.807) is 0 Å². The second-order valence-electron chi connectivity index (χ2n) is 4.96. The molecule has 1 aliphatic rings. The number of nitrogens with zero attached hydrogens (tertiary/aromatic N) is 1. The minimum Gasteiger partial charge on any atom is -0.479 e.